The van der Waals surface area contributed by atoms with Crippen molar-refractivity contribution in [3.63, 3.8) is 0 Å². The Morgan fingerprint density at radius 2 is 1.65 bits per heavy atom. The van der Waals surface area contributed by atoms with E-state index in [2.05, 4.69) is 68.6 Å². The van der Waals surface area contributed by atoms with Gasteiger partial charge in [0.2, 0.25) is 0 Å². The Morgan fingerprint density at radius 1 is 0.941 bits per heavy atom. The average molecular weight is 225 g/mol. The Bertz CT molecular complexity index is 488. The third kappa shape index (κ3) is 2.88. The van der Waals surface area contributed by atoms with Crippen LogP contribution in [0.1, 0.15) is 29.7 Å². The predicted octanol–water partition coefficient (Wildman–Crippen LogP) is 4.48. The van der Waals surface area contributed by atoms with Gasteiger partial charge in [0.15, 0.2) is 0 Å². The molecule has 1 nitrogen and oxygen atoms in total. The van der Waals surface area contributed by atoms with E-state index in [4.69, 9.17) is 0 Å². The topological polar surface area (TPSA) is 12.0 Å². The second-order valence-corrected chi connectivity index (χ2v) is 4.60. The molecule has 0 radical (unpaired) electrons. The van der Waals surface area contributed by atoms with Gasteiger partial charge >= 0.3 is 0 Å². The van der Waals surface area contributed by atoms with E-state index in [1.165, 1.54) is 22.4 Å². The molecule has 0 fully saturated rings. The number of anilines is 1. The molecule has 0 aliphatic heterocycles. The average Bonchev–Trinajstić information content (AvgIpc) is 2.35. The molecule has 2 aromatic carbocycles. The van der Waals surface area contributed by atoms with Crippen molar-refractivity contribution in [1.29, 1.82) is 0 Å². The molecule has 0 amide bonds. The summed E-state index contributed by atoms with van der Waals surface area (Å²) >= 11 is 0. The van der Waals surface area contributed by atoms with Crippen LogP contribution in [0.15, 0.2) is 48.5 Å². The monoisotopic (exact) mass is 225 g/mol. The molecule has 88 valence electrons. The fourth-order valence-corrected chi connectivity index (χ4v) is 1.95. The highest BCUT2D eigenvalue weighted by atomic mass is 14.9. The summed E-state index contributed by atoms with van der Waals surface area (Å²) in [5.41, 5.74) is 5.12. The molecule has 1 unspecified atom stereocenters. The molecule has 0 aliphatic rings. The molecule has 1 N–H and O–H groups in total. The van der Waals surface area contributed by atoms with Crippen LogP contribution in [0.4, 0.5) is 5.69 Å². The number of aryl methyl sites for hydroxylation is 2. The van der Waals surface area contributed by atoms with Crippen LogP contribution in [0, 0.1) is 13.8 Å². The minimum Gasteiger partial charge on any atom is -0.378 e. The zero-order valence-electron chi connectivity index (χ0n) is 10.7. The summed E-state index contributed by atoms with van der Waals surface area (Å²) in [7, 11) is 0. The molecule has 0 saturated carbocycles. The minimum absolute atomic E-state index is 0.330. The van der Waals surface area contributed by atoms with Gasteiger partial charge < -0.3 is 5.32 Å². The summed E-state index contributed by atoms with van der Waals surface area (Å²) in [4.78, 5) is 0. The molecule has 2 rings (SSSR count). The number of rotatable bonds is 3. The Balaban J connectivity index is 2.18. The van der Waals surface area contributed by atoms with Crippen molar-refractivity contribution in [3.05, 3.63) is 65.2 Å². The number of nitrogens with one attached hydrogen (secondary N) is 1. The van der Waals surface area contributed by atoms with Crippen molar-refractivity contribution in [2.24, 2.45) is 0 Å². The first-order valence-electron chi connectivity index (χ1n) is 6.05. The third-order valence-electron chi connectivity index (χ3n) is 3.06. The van der Waals surface area contributed by atoms with E-state index in [9.17, 15) is 0 Å². The van der Waals surface area contributed by atoms with Crippen LogP contribution in [0.25, 0.3) is 0 Å². The molecule has 1 heteroatoms. The van der Waals surface area contributed by atoms with E-state index in [0.717, 1.165) is 0 Å². The first-order valence-corrected chi connectivity index (χ1v) is 6.05. The molecule has 0 heterocycles. The van der Waals surface area contributed by atoms with Gasteiger partial charge in [-0.05, 0) is 43.5 Å². The first-order chi connectivity index (χ1) is 8.16. The Kier molecular flexibility index (Phi) is 3.48. The first kappa shape index (κ1) is 11.7. The number of hydrogen-bond donors (Lipinski definition) is 1. The molecule has 17 heavy (non-hydrogen) atoms. The minimum atomic E-state index is 0.330. The molecule has 0 aliphatic carbocycles. The lowest BCUT2D eigenvalue weighted by molar-refractivity contribution is 0.882. The Hall–Kier alpha value is -1.76. The maximum atomic E-state index is 3.57. The van der Waals surface area contributed by atoms with Crippen LogP contribution in [0.2, 0.25) is 0 Å². The predicted molar refractivity (Wildman–Crippen MR) is 74.4 cm³/mol. The van der Waals surface area contributed by atoms with Gasteiger partial charge in [0.1, 0.15) is 0 Å². The fraction of sp³-hybridized carbons (Fsp3) is 0.250. The lowest BCUT2D eigenvalue weighted by Crippen LogP contribution is -2.07. The molecule has 0 aromatic heterocycles. The Morgan fingerprint density at radius 3 is 2.35 bits per heavy atom. The smallest absolute Gasteiger partial charge is 0.0485 e. The van der Waals surface area contributed by atoms with Crippen LogP contribution in [0.3, 0.4) is 0 Å². The summed E-state index contributed by atoms with van der Waals surface area (Å²) in [6.07, 6.45) is 0. The van der Waals surface area contributed by atoms with Crippen molar-refractivity contribution in [1.82, 2.24) is 0 Å². The van der Waals surface area contributed by atoms with E-state index >= 15 is 0 Å². The SMILES string of the molecule is Cc1ccc(C)c(NC(C)c2ccccc2)c1. The molecule has 2 aromatic rings. The van der Waals surface area contributed by atoms with Crippen LogP contribution in [-0.4, -0.2) is 0 Å². The summed E-state index contributed by atoms with van der Waals surface area (Å²) in [5.74, 6) is 0. The Labute approximate surface area is 103 Å². The quantitative estimate of drug-likeness (QED) is 0.812. The van der Waals surface area contributed by atoms with E-state index in [1.54, 1.807) is 0 Å². The van der Waals surface area contributed by atoms with Gasteiger partial charge in [0, 0.05) is 11.7 Å². The molecular weight excluding hydrogens is 206 g/mol. The van der Waals surface area contributed by atoms with Gasteiger partial charge in [0.25, 0.3) is 0 Å². The summed E-state index contributed by atoms with van der Waals surface area (Å²) < 4.78 is 0. The maximum Gasteiger partial charge on any atom is 0.0485 e. The van der Waals surface area contributed by atoms with Gasteiger partial charge in [-0.3, -0.25) is 0 Å². The van der Waals surface area contributed by atoms with Crippen molar-refractivity contribution < 1.29 is 0 Å². The molecular formula is C16H19N. The van der Waals surface area contributed by atoms with Crippen LogP contribution in [0.5, 0.6) is 0 Å². The highest BCUT2D eigenvalue weighted by Gasteiger charge is 2.06. The van der Waals surface area contributed by atoms with Gasteiger partial charge in [-0.25, -0.2) is 0 Å². The maximum absolute atomic E-state index is 3.57. The van der Waals surface area contributed by atoms with Crippen molar-refractivity contribution in [3.8, 4) is 0 Å². The molecule has 1 atom stereocenters. The molecule has 0 saturated heterocycles. The molecule has 0 bridgehead atoms. The second kappa shape index (κ2) is 5.05. The van der Waals surface area contributed by atoms with Crippen LogP contribution in [-0.2, 0) is 0 Å². The molecule has 0 spiro atoms. The van der Waals surface area contributed by atoms with E-state index in [1.807, 2.05) is 6.07 Å². The summed E-state index contributed by atoms with van der Waals surface area (Å²) in [5, 5.41) is 3.57. The third-order valence-corrected chi connectivity index (χ3v) is 3.06. The van der Waals surface area contributed by atoms with Gasteiger partial charge in [-0.1, -0.05) is 42.5 Å². The largest absolute Gasteiger partial charge is 0.378 e. The normalized spacial score (nSPS) is 12.2. The number of hydrogen-bond acceptors (Lipinski definition) is 1. The lowest BCUT2D eigenvalue weighted by atomic mass is 10.1. The zero-order chi connectivity index (χ0) is 12.3. The standard InChI is InChI=1S/C16H19N/c1-12-9-10-13(2)16(11-12)17-14(3)15-7-5-4-6-8-15/h4-11,14,17H,1-3H3. The highest BCUT2D eigenvalue weighted by molar-refractivity contribution is 5.53. The van der Waals surface area contributed by atoms with Crippen molar-refractivity contribution in [2.75, 3.05) is 5.32 Å². The van der Waals surface area contributed by atoms with Gasteiger partial charge in [-0.15, -0.1) is 0 Å². The van der Waals surface area contributed by atoms with E-state index < -0.39 is 0 Å². The lowest BCUT2D eigenvalue weighted by Gasteiger charge is -2.17. The van der Waals surface area contributed by atoms with E-state index in [-0.39, 0.29) is 0 Å². The van der Waals surface area contributed by atoms with Crippen LogP contribution >= 0.6 is 0 Å². The van der Waals surface area contributed by atoms with Crippen LogP contribution < -0.4 is 5.32 Å². The zero-order valence-corrected chi connectivity index (χ0v) is 10.7. The van der Waals surface area contributed by atoms with E-state index in [0.29, 0.717) is 6.04 Å². The number of benzene rings is 2. The highest BCUT2D eigenvalue weighted by Crippen LogP contribution is 2.22. The van der Waals surface area contributed by atoms with Crippen molar-refractivity contribution >= 4 is 5.69 Å². The van der Waals surface area contributed by atoms with Gasteiger partial charge in [-0.2, -0.15) is 0 Å². The van der Waals surface area contributed by atoms with Crippen molar-refractivity contribution in [2.45, 2.75) is 26.8 Å². The fourth-order valence-electron chi connectivity index (χ4n) is 1.95. The summed E-state index contributed by atoms with van der Waals surface area (Å²) in [6.45, 7) is 6.45. The summed E-state index contributed by atoms with van der Waals surface area (Å²) in [6, 6.07) is 17.4. The second-order valence-electron chi connectivity index (χ2n) is 4.60. The van der Waals surface area contributed by atoms with Gasteiger partial charge in [0.05, 0.1) is 0 Å².